The van der Waals surface area contributed by atoms with Gasteiger partial charge in [0.05, 0.1) is 72.5 Å². The average molecular weight is 1360 g/mol. The van der Waals surface area contributed by atoms with Gasteiger partial charge in [-0.3, -0.25) is 19.3 Å². The Bertz CT molecular complexity index is 2130. The lowest BCUT2D eigenvalue weighted by Crippen LogP contribution is -2.65. The Labute approximate surface area is 530 Å². The van der Waals surface area contributed by atoms with Crippen LogP contribution in [0.4, 0.5) is 0 Å². The highest BCUT2D eigenvalue weighted by Crippen LogP contribution is 2.34. The van der Waals surface area contributed by atoms with Crippen molar-refractivity contribution in [2.24, 2.45) is 0 Å². The molecule has 93 heavy (non-hydrogen) atoms. The number of nitrogens with zero attached hydrogens (tertiary/aromatic N) is 1. The Hall–Kier alpha value is -3.24. The number of ether oxygens (including phenoxy) is 12. The van der Waals surface area contributed by atoms with E-state index < -0.39 is 274 Å². The van der Waals surface area contributed by atoms with E-state index in [2.05, 4.69) is 16.0 Å². The third-order valence-electron chi connectivity index (χ3n) is 16.2. The Balaban J connectivity index is 1.08. The number of ketones is 1. The standard InChI is InChI=1S/C53H92N4O36/c1-20(62)5-3-2-4-6-54-27(63)11-57(12-28(64)55-7-9-82-50-44(80)46(92-52-42(78)38(74)32(68)23(16-60)88-52)34(70)25(90-50)18-84-48-40(76)36(72)30(66)21(14-58)86-48)13-29(65)56-8-10-83-51-45(81)47(93-53-43(79)39(75)33(69)24(17-61)89-53)35(71)26(91-51)19-85-49-41(77)37(73)31(67)22(15-59)87-49/h21-26,30-53,58-61,66-81H,2-19H2,1H3,(H,54,63)(H,55,64)(H,56,65)/t21-,22-,23-,24-,25-,26-,30-,31-,32-,33-,34-,35-,36+,37+,38+,39+,40+,41+,42+,43+,44-,45-,46+,47+,48+,49+,50-,51-,52-,53-/m1/s1. The molecule has 30 atom stereocenters. The Morgan fingerprint density at radius 1 is 0.344 bits per heavy atom. The molecule has 6 rings (SSSR count). The zero-order chi connectivity index (χ0) is 68.5. The zero-order valence-corrected chi connectivity index (χ0v) is 50.5. The number of unbranched alkanes of at least 4 members (excludes halogenated alkanes) is 2. The van der Waals surface area contributed by atoms with Gasteiger partial charge in [0.25, 0.3) is 0 Å². The summed E-state index contributed by atoms with van der Waals surface area (Å²) in [5.74, 6) is -2.25. The van der Waals surface area contributed by atoms with Crippen LogP contribution in [0.3, 0.4) is 0 Å². The largest absolute Gasteiger partial charge is 0.394 e. The SMILES string of the molecule is CC(=O)CCCCCNC(=O)CN(CC(=O)NCCO[C@@H]1O[C@H](CO[C@H]2O[C@H](CO)[C@@H](O)[C@H](O)[C@@H]2O)[C@@H](O)[C@H](O[C@H]2O[C@H](CO)[C@@H](O)[C@H](O)[C@@H]2O)[C@H]1O)CC(=O)NCCO[C@@H]1O[C@H](CO[C@H]2O[C@H](CO)[C@@H](O)[C@H](O)[C@@H]2O)[C@@H](O)[C@H](O[C@H]2O[C@H](CO)[C@@H](O)[C@H](O)[C@@H]2O)[C@H]1O. The number of amides is 3. The maximum atomic E-state index is 13.5. The molecular formula is C53H92N4O36. The van der Waals surface area contributed by atoms with Crippen LogP contribution in [0.5, 0.6) is 0 Å². The minimum Gasteiger partial charge on any atom is -0.394 e. The summed E-state index contributed by atoms with van der Waals surface area (Å²) in [6.07, 6.45) is -52.4. The summed E-state index contributed by atoms with van der Waals surface area (Å²) in [6.45, 7) is -6.92. The molecule has 6 heterocycles. The molecule has 40 heteroatoms. The van der Waals surface area contributed by atoms with E-state index in [-0.39, 0.29) is 25.4 Å². The number of aliphatic hydroxyl groups excluding tert-OH is 20. The molecule has 0 aromatic heterocycles. The highest BCUT2D eigenvalue weighted by molar-refractivity contribution is 5.84. The number of carbonyl (C=O) groups is 4. The number of hydrogen-bond donors (Lipinski definition) is 23. The predicted octanol–water partition coefficient (Wildman–Crippen LogP) is -15.3. The Morgan fingerprint density at radius 2 is 0.645 bits per heavy atom. The van der Waals surface area contributed by atoms with Crippen molar-refractivity contribution in [3.8, 4) is 0 Å². The van der Waals surface area contributed by atoms with E-state index in [4.69, 9.17) is 56.8 Å². The fraction of sp³-hybridized carbons (Fsp3) is 0.925. The number of hydrogen-bond acceptors (Lipinski definition) is 37. The van der Waals surface area contributed by atoms with Crippen LogP contribution in [0.2, 0.25) is 0 Å². The van der Waals surface area contributed by atoms with Gasteiger partial charge in [-0.05, 0) is 19.8 Å². The third kappa shape index (κ3) is 21.1. The van der Waals surface area contributed by atoms with Gasteiger partial charge in [0.15, 0.2) is 37.7 Å². The van der Waals surface area contributed by atoms with Gasteiger partial charge in [0, 0.05) is 26.1 Å². The quantitative estimate of drug-likeness (QED) is 0.0266. The zero-order valence-electron chi connectivity index (χ0n) is 50.5. The van der Waals surface area contributed by atoms with Gasteiger partial charge in [0.2, 0.25) is 17.7 Å². The summed E-state index contributed by atoms with van der Waals surface area (Å²) in [7, 11) is 0. The van der Waals surface area contributed by atoms with Crippen LogP contribution < -0.4 is 16.0 Å². The molecule has 3 amide bonds. The van der Waals surface area contributed by atoms with Gasteiger partial charge in [-0.1, -0.05) is 6.42 Å². The second-order valence-corrected chi connectivity index (χ2v) is 23.2. The third-order valence-corrected chi connectivity index (χ3v) is 16.2. The molecular weight excluding hydrogens is 1270 g/mol. The molecule has 6 saturated heterocycles. The van der Waals surface area contributed by atoms with Crippen LogP contribution in [0, 0.1) is 0 Å². The van der Waals surface area contributed by atoms with Crippen LogP contribution in [-0.4, -0.2) is 407 Å². The van der Waals surface area contributed by atoms with E-state index in [9.17, 15) is 121 Å². The molecule has 0 radical (unpaired) electrons. The van der Waals surface area contributed by atoms with Gasteiger partial charge in [-0.2, -0.15) is 0 Å². The van der Waals surface area contributed by atoms with E-state index in [0.29, 0.717) is 25.7 Å². The lowest BCUT2D eigenvalue weighted by molar-refractivity contribution is -0.366. The fourth-order valence-electron chi connectivity index (χ4n) is 10.7. The van der Waals surface area contributed by atoms with E-state index >= 15 is 0 Å². The van der Waals surface area contributed by atoms with Crippen molar-refractivity contribution >= 4 is 23.5 Å². The average Bonchev–Trinajstić information content (AvgIpc) is 0.801. The van der Waals surface area contributed by atoms with Crippen LogP contribution >= 0.6 is 0 Å². The minimum atomic E-state index is -2.03. The second kappa shape index (κ2) is 37.6. The summed E-state index contributed by atoms with van der Waals surface area (Å²) in [6, 6.07) is 0. The summed E-state index contributed by atoms with van der Waals surface area (Å²) >= 11 is 0. The molecule has 0 aromatic carbocycles. The first-order valence-electron chi connectivity index (χ1n) is 30.2. The molecule has 0 aliphatic carbocycles. The Morgan fingerprint density at radius 3 is 0.978 bits per heavy atom. The number of rotatable bonds is 34. The molecule has 0 unspecified atom stereocenters. The topological polar surface area (TPSA) is 623 Å². The van der Waals surface area contributed by atoms with E-state index in [1.54, 1.807) is 0 Å². The summed E-state index contributed by atoms with van der Waals surface area (Å²) in [5.41, 5.74) is 0. The van der Waals surface area contributed by atoms with Crippen molar-refractivity contribution in [3.63, 3.8) is 0 Å². The first kappa shape index (κ1) is 78.8. The molecule has 540 valence electrons. The Kier molecular flexibility index (Phi) is 31.9. The molecule has 40 nitrogen and oxygen atoms in total. The lowest BCUT2D eigenvalue weighted by Gasteiger charge is -2.46. The molecule has 6 aliphatic rings. The lowest BCUT2D eigenvalue weighted by atomic mass is 9.96. The van der Waals surface area contributed by atoms with Gasteiger partial charge < -0.3 is 180 Å². The highest BCUT2D eigenvalue weighted by atomic mass is 16.8. The fourth-order valence-corrected chi connectivity index (χ4v) is 10.7. The predicted molar refractivity (Wildman–Crippen MR) is 295 cm³/mol. The monoisotopic (exact) mass is 1360 g/mol. The van der Waals surface area contributed by atoms with Crippen molar-refractivity contribution in [2.75, 3.05) is 92.1 Å². The summed E-state index contributed by atoms with van der Waals surface area (Å²) < 4.78 is 67.0. The maximum absolute atomic E-state index is 13.5. The van der Waals surface area contributed by atoms with Gasteiger partial charge in [-0.15, -0.1) is 0 Å². The summed E-state index contributed by atoms with van der Waals surface area (Å²) in [5, 5.41) is 217. The molecule has 0 aromatic rings. The molecule has 6 fully saturated rings. The van der Waals surface area contributed by atoms with Crippen LogP contribution in [0.15, 0.2) is 0 Å². The van der Waals surface area contributed by atoms with Crippen molar-refractivity contribution in [1.29, 1.82) is 0 Å². The van der Waals surface area contributed by atoms with Crippen molar-refractivity contribution in [3.05, 3.63) is 0 Å². The minimum absolute atomic E-state index is 0.0100. The first-order chi connectivity index (χ1) is 44.1. The molecule has 23 N–H and O–H groups in total. The van der Waals surface area contributed by atoms with Crippen molar-refractivity contribution in [2.45, 2.75) is 217 Å². The van der Waals surface area contributed by atoms with Gasteiger partial charge >= 0.3 is 0 Å². The molecule has 0 bridgehead atoms. The highest BCUT2D eigenvalue weighted by Gasteiger charge is 2.55. The number of Topliss-reactive ketones (excluding diaryl/α,β-unsaturated/α-hetero) is 1. The van der Waals surface area contributed by atoms with Crippen LogP contribution in [-0.2, 0) is 76.0 Å². The van der Waals surface area contributed by atoms with E-state index in [0.717, 1.165) is 4.90 Å². The number of nitrogens with one attached hydrogen (secondary N) is 3. The molecule has 0 saturated carbocycles. The van der Waals surface area contributed by atoms with Crippen LogP contribution in [0.25, 0.3) is 0 Å². The normalized spacial score (nSPS) is 41.6. The maximum Gasteiger partial charge on any atom is 0.234 e. The first-order valence-corrected chi connectivity index (χ1v) is 30.2. The van der Waals surface area contributed by atoms with Gasteiger partial charge in [0.1, 0.15) is 152 Å². The number of aliphatic hydroxyl groups is 20. The molecule has 0 spiro atoms. The smallest absolute Gasteiger partial charge is 0.234 e. The second-order valence-electron chi connectivity index (χ2n) is 23.2. The van der Waals surface area contributed by atoms with Crippen molar-refractivity contribution in [1.82, 2.24) is 20.9 Å². The van der Waals surface area contributed by atoms with E-state index in [1.165, 1.54) is 6.92 Å². The van der Waals surface area contributed by atoms with E-state index in [1.807, 2.05) is 0 Å². The van der Waals surface area contributed by atoms with Crippen molar-refractivity contribution < 1.29 is 178 Å². The van der Waals surface area contributed by atoms with Gasteiger partial charge in [-0.25, -0.2) is 0 Å². The summed E-state index contributed by atoms with van der Waals surface area (Å²) in [4.78, 5) is 52.7. The molecule has 6 aliphatic heterocycles. The van der Waals surface area contributed by atoms with Crippen LogP contribution in [0.1, 0.15) is 32.6 Å². The number of carbonyl (C=O) groups excluding carboxylic acids is 4.